The number of carbonyl (C=O) groups excluding carboxylic acids is 1. The average molecular weight is 349 g/mol. The standard InChI is InChI=1S/C14H16BrClFNO/c15-7-6-11-3-1-2-8-18(11)14(19)12-5-4-10(16)9-13(12)17/h4-5,9,11H,1-3,6-8H2. The van der Waals surface area contributed by atoms with Gasteiger partial charge < -0.3 is 4.90 Å². The summed E-state index contributed by atoms with van der Waals surface area (Å²) < 4.78 is 13.8. The van der Waals surface area contributed by atoms with E-state index < -0.39 is 5.82 Å². The molecule has 0 radical (unpaired) electrons. The Hall–Kier alpha value is -0.610. The number of carbonyl (C=O) groups is 1. The molecule has 1 aliphatic rings. The summed E-state index contributed by atoms with van der Waals surface area (Å²) in [7, 11) is 0. The first-order valence-electron chi connectivity index (χ1n) is 6.45. The Balaban J connectivity index is 2.21. The summed E-state index contributed by atoms with van der Waals surface area (Å²) in [5.41, 5.74) is 0.117. The van der Waals surface area contributed by atoms with Gasteiger partial charge >= 0.3 is 0 Å². The van der Waals surface area contributed by atoms with Crippen LogP contribution in [0.1, 0.15) is 36.0 Å². The number of rotatable bonds is 3. The summed E-state index contributed by atoms with van der Waals surface area (Å²) in [6.07, 6.45) is 4.01. The third-order valence-electron chi connectivity index (χ3n) is 3.49. The van der Waals surface area contributed by atoms with Gasteiger partial charge in [0.05, 0.1) is 5.56 Å². The van der Waals surface area contributed by atoms with E-state index in [2.05, 4.69) is 15.9 Å². The van der Waals surface area contributed by atoms with Crippen LogP contribution in [-0.2, 0) is 0 Å². The fraction of sp³-hybridized carbons (Fsp3) is 0.500. The molecule has 104 valence electrons. The number of hydrogen-bond acceptors (Lipinski definition) is 1. The van der Waals surface area contributed by atoms with Crippen molar-refractivity contribution < 1.29 is 9.18 Å². The smallest absolute Gasteiger partial charge is 0.257 e. The van der Waals surface area contributed by atoms with E-state index >= 15 is 0 Å². The van der Waals surface area contributed by atoms with Crippen molar-refractivity contribution in [3.05, 3.63) is 34.6 Å². The fourth-order valence-corrected chi connectivity index (χ4v) is 3.20. The second-order valence-corrected chi connectivity index (χ2v) is 5.98. The third-order valence-corrected chi connectivity index (χ3v) is 4.18. The van der Waals surface area contributed by atoms with Crippen LogP contribution in [0.4, 0.5) is 4.39 Å². The van der Waals surface area contributed by atoms with Crippen molar-refractivity contribution >= 4 is 33.4 Å². The van der Waals surface area contributed by atoms with Crippen LogP contribution < -0.4 is 0 Å². The van der Waals surface area contributed by atoms with E-state index in [-0.39, 0.29) is 17.5 Å². The number of likely N-dealkylation sites (tertiary alicyclic amines) is 1. The van der Waals surface area contributed by atoms with Gasteiger partial charge in [0.1, 0.15) is 5.82 Å². The number of hydrogen-bond donors (Lipinski definition) is 0. The predicted molar refractivity (Wildman–Crippen MR) is 78.5 cm³/mol. The first-order chi connectivity index (χ1) is 9.13. The number of amides is 1. The molecule has 0 saturated carbocycles. The van der Waals surface area contributed by atoms with E-state index in [9.17, 15) is 9.18 Å². The lowest BCUT2D eigenvalue weighted by molar-refractivity contribution is 0.0605. The van der Waals surface area contributed by atoms with Crippen molar-refractivity contribution in [3.8, 4) is 0 Å². The summed E-state index contributed by atoms with van der Waals surface area (Å²) in [6, 6.07) is 4.43. The average Bonchev–Trinajstić information content (AvgIpc) is 2.39. The van der Waals surface area contributed by atoms with Gasteiger partial charge in [-0.3, -0.25) is 4.79 Å². The molecule has 5 heteroatoms. The van der Waals surface area contributed by atoms with Crippen LogP contribution in [0.25, 0.3) is 0 Å². The molecule has 1 aliphatic heterocycles. The zero-order chi connectivity index (χ0) is 13.8. The molecular weight excluding hydrogens is 333 g/mol. The van der Waals surface area contributed by atoms with Crippen LogP contribution >= 0.6 is 27.5 Å². The molecule has 0 aromatic heterocycles. The molecule has 0 aliphatic carbocycles. The molecule has 0 bridgehead atoms. The first kappa shape index (κ1) is 14.8. The van der Waals surface area contributed by atoms with Gasteiger partial charge in [-0.25, -0.2) is 4.39 Å². The fourth-order valence-electron chi connectivity index (χ4n) is 2.51. The molecule has 19 heavy (non-hydrogen) atoms. The number of piperidine rings is 1. The molecule has 1 heterocycles. The van der Waals surface area contributed by atoms with E-state index in [4.69, 9.17) is 11.6 Å². The lowest BCUT2D eigenvalue weighted by Gasteiger charge is -2.35. The summed E-state index contributed by atoms with van der Waals surface area (Å²) in [5, 5.41) is 1.16. The largest absolute Gasteiger partial charge is 0.336 e. The van der Waals surface area contributed by atoms with Crippen molar-refractivity contribution in [2.45, 2.75) is 31.7 Å². The summed E-state index contributed by atoms with van der Waals surface area (Å²) >= 11 is 9.13. The second-order valence-electron chi connectivity index (χ2n) is 4.75. The van der Waals surface area contributed by atoms with Gasteiger partial charge in [0.15, 0.2) is 0 Å². The van der Waals surface area contributed by atoms with Crippen molar-refractivity contribution in [1.29, 1.82) is 0 Å². The molecule has 0 N–H and O–H groups in total. The number of halogens is 3. The monoisotopic (exact) mass is 347 g/mol. The highest BCUT2D eigenvalue weighted by Crippen LogP contribution is 2.24. The molecule has 2 nitrogen and oxygen atoms in total. The van der Waals surface area contributed by atoms with Crippen LogP contribution in [-0.4, -0.2) is 28.7 Å². The van der Waals surface area contributed by atoms with Gasteiger partial charge in [-0.2, -0.15) is 0 Å². The minimum absolute atomic E-state index is 0.117. The summed E-state index contributed by atoms with van der Waals surface area (Å²) in [6.45, 7) is 0.707. The molecule has 1 atom stereocenters. The molecule has 1 unspecified atom stereocenters. The van der Waals surface area contributed by atoms with E-state index in [1.165, 1.54) is 12.1 Å². The van der Waals surface area contributed by atoms with E-state index in [0.717, 1.165) is 31.0 Å². The lowest BCUT2D eigenvalue weighted by Crippen LogP contribution is -2.44. The van der Waals surface area contributed by atoms with E-state index in [0.29, 0.717) is 11.6 Å². The SMILES string of the molecule is O=C(c1ccc(Cl)cc1F)N1CCCCC1CCBr. The maximum Gasteiger partial charge on any atom is 0.257 e. The number of benzene rings is 1. The lowest BCUT2D eigenvalue weighted by atomic mass is 9.99. The van der Waals surface area contributed by atoms with Gasteiger partial charge in [0.2, 0.25) is 0 Å². The molecule has 0 spiro atoms. The van der Waals surface area contributed by atoms with Crippen LogP contribution in [0.3, 0.4) is 0 Å². The van der Waals surface area contributed by atoms with Gasteiger partial charge in [0, 0.05) is 22.9 Å². The van der Waals surface area contributed by atoms with Crippen molar-refractivity contribution in [3.63, 3.8) is 0 Å². The van der Waals surface area contributed by atoms with Crippen LogP contribution in [0.2, 0.25) is 5.02 Å². The van der Waals surface area contributed by atoms with E-state index in [1.807, 2.05) is 0 Å². The second kappa shape index (κ2) is 6.71. The zero-order valence-electron chi connectivity index (χ0n) is 10.5. The zero-order valence-corrected chi connectivity index (χ0v) is 12.9. The predicted octanol–water partition coefficient (Wildman–Crippen LogP) is 4.26. The minimum atomic E-state index is -0.541. The maximum absolute atomic E-state index is 13.8. The molecular formula is C14H16BrClFNO. The maximum atomic E-state index is 13.8. The number of alkyl halides is 1. The summed E-state index contributed by atoms with van der Waals surface area (Å²) in [4.78, 5) is 14.2. The Bertz CT molecular complexity index is 467. The number of nitrogens with zero attached hydrogens (tertiary/aromatic N) is 1. The van der Waals surface area contributed by atoms with Crippen LogP contribution in [0, 0.1) is 5.82 Å². The van der Waals surface area contributed by atoms with Crippen molar-refractivity contribution in [2.75, 3.05) is 11.9 Å². The quantitative estimate of drug-likeness (QED) is 0.747. The minimum Gasteiger partial charge on any atom is -0.336 e. The molecule has 1 saturated heterocycles. The van der Waals surface area contributed by atoms with E-state index in [1.54, 1.807) is 11.0 Å². The van der Waals surface area contributed by atoms with Gasteiger partial charge in [-0.1, -0.05) is 27.5 Å². The molecule has 1 aromatic carbocycles. The van der Waals surface area contributed by atoms with Gasteiger partial charge in [-0.05, 0) is 43.9 Å². The van der Waals surface area contributed by atoms with Crippen molar-refractivity contribution in [1.82, 2.24) is 4.90 Å². The van der Waals surface area contributed by atoms with Crippen LogP contribution in [0.15, 0.2) is 18.2 Å². The normalized spacial score (nSPS) is 19.5. The molecule has 1 aromatic rings. The molecule has 1 fully saturated rings. The Kier molecular flexibility index (Phi) is 5.22. The Morgan fingerprint density at radius 3 is 2.95 bits per heavy atom. The van der Waals surface area contributed by atoms with Crippen molar-refractivity contribution in [2.24, 2.45) is 0 Å². The Morgan fingerprint density at radius 1 is 1.47 bits per heavy atom. The van der Waals surface area contributed by atoms with Gasteiger partial charge in [-0.15, -0.1) is 0 Å². The highest BCUT2D eigenvalue weighted by atomic mass is 79.9. The molecule has 1 amide bonds. The first-order valence-corrected chi connectivity index (χ1v) is 7.95. The summed E-state index contributed by atoms with van der Waals surface area (Å²) in [5.74, 6) is -0.763. The third kappa shape index (κ3) is 3.48. The van der Waals surface area contributed by atoms with Gasteiger partial charge in [0.25, 0.3) is 5.91 Å². The Morgan fingerprint density at radius 2 is 2.26 bits per heavy atom. The topological polar surface area (TPSA) is 20.3 Å². The Labute approximate surface area is 126 Å². The van der Waals surface area contributed by atoms with Crippen LogP contribution in [0.5, 0.6) is 0 Å². The highest BCUT2D eigenvalue weighted by molar-refractivity contribution is 9.09. The highest BCUT2D eigenvalue weighted by Gasteiger charge is 2.28. The molecule has 2 rings (SSSR count).